The number of rotatable bonds is 5. The summed E-state index contributed by atoms with van der Waals surface area (Å²) < 4.78 is 50.7. The number of methoxy groups -OCH3 is 2. The van der Waals surface area contributed by atoms with Crippen LogP contribution in [-0.2, 0) is 25.5 Å². The van der Waals surface area contributed by atoms with Gasteiger partial charge in [-0.15, -0.1) is 0 Å². The summed E-state index contributed by atoms with van der Waals surface area (Å²) >= 11 is 0. The van der Waals surface area contributed by atoms with E-state index in [4.69, 9.17) is 18.9 Å². The van der Waals surface area contributed by atoms with Gasteiger partial charge in [0.25, 0.3) is 0 Å². The number of likely N-dealkylation sites (tertiary alicyclic amines) is 1. The van der Waals surface area contributed by atoms with Gasteiger partial charge in [0, 0.05) is 33.9 Å². The van der Waals surface area contributed by atoms with Crippen LogP contribution >= 0.6 is 0 Å². The number of piperidine rings is 1. The fourth-order valence-electron chi connectivity index (χ4n) is 3.80. The van der Waals surface area contributed by atoms with E-state index in [0.717, 1.165) is 5.56 Å². The number of alkyl halides is 2. The Kier molecular flexibility index (Phi) is 5.65. The SMILES string of the molecule is CO[C@@]1(C)O[C@@H]2[C@@H](C(F)F)CN(Cc3ccccc3)C[C@H]2O[C@]1(C)OC. The van der Waals surface area contributed by atoms with Gasteiger partial charge in [0.15, 0.2) is 0 Å². The van der Waals surface area contributed by atoms with E-state index >= 15 is 0 Å². The Bertz CT molecular complexity index is 604. The third-order valence-corrected chi connectivity index (χ3v) is 5.61. The van der Waals surface area contributed by atoms with Crippen LogP contribution in [0.5, 0.6) is 0 Å². The molecule has 1 aromatic rings. The van der Waals surface area contributed by atoms with Crippen molar-refractivity contribution in [3.63, 3.8) is 0 Å². The van der Waals surface area contributed by atoms with Gasteiger partial charge in [0.2, 0.25) is 18.0 Å². The number of halogens is 2. The van der Waals surface area contributed by atoms with Crippen molar-refractivity contribution in [3.05, 3.63) is 35.9 Å². The molecule has 0 aliphatic carbocycles. The van der Waals surface area contributed by atoms with Crippen molar-refractivity contribution in [2.24, 2.45) is 5.92 Å². The fourth-order valence-corrected chi connectivity index (χ4v) is 3.80. The summed E-state index contributed by atoms with van der Waals surface area (Å²) in [6.07, 6.45) is -3.80. The molecule has 0 bridgehead atoms. The number of hydrogen-bond acceptors (Lipinski definition) is 5. The first-order chi connectivity index (χ1) is 12.3. The molecular formula is C19H27F2NO4. The molecule has 5 atom stereocenters. The third-order valence-electron chi connectivity index (χ3n) is 5.61. The number of benzene rings is 1. The fraction of sp³-hybridized carbons (Fsp3) is 0.684. The molecule has 0 aromatic heterocycles. The molecule has 0 saturated carbocycles. The van der Waals surface area contributed by atoms with Gasteiger partial charge < -0.3 is 18.9 Å². The highest BCUT2D eigenvalue weighted by Crippen LogP contribution is 2.43. The van der Waals surface area contributed by atoms with E-state index in [-0.39, 0.29) is 6.54 Å². The van der Waals surface area contributed by atoms with Crippen molar-refractivity contribution in [2.75, 3.05) is 27.3 Å². The monoisotopic (exact) mass is 371 g/mol. The first-order valence-electron chi connectivity index (χ1n) is 8.82. The highest BCUT2D eigenvalue weighted by atomic mass is 19.3. The molecule has 26 heavy (non-hydrogen) atoms. The second-order valence-electron chi connectivity index (χ2n) is 7.22. The summed E-state index contributed by atoms with van der Waals surface area (Å²) in [6, 6.07) is 9.80. The largest absolute Gasteiger partial charge is 0.349 e. The van der Waals surface area contributed by atoms with Gasteiger partial charge in [-0.3, -0.25) is 4.90 Å². The Hall–Kier alpha value is -1.12. The highest BCUT2D eigenvalue weighted by molar-refractivity contribution is 5.15. The topological polar surface area (TPSA) is 40.2 Å². The van der Waals surface area contributed by atoms with Crippen molar-refractivity contribution in [3.8, 4) is 0 Å². The molecular weight excluding hydrogens is 344 g/mol. The Morgan fingerprint density at radius 3 is 2.27 bits per heavy atom. The average Bonchev–Trinajstić information content (AvgIpc) is 2.63. The summed E-state index contributed by atoms with van der Waals surface area (Å²) in [5, 5.41) is 0. The van der Waals surface area contributed by atoms with Crippen LogP contribution in [0, 0.1) is 5.92 Å². The lowest BCUT2D eigenvalue weighted by Gasteiger charge is -2.56. The molecule has 2 saturated heterocycles. The van der Waals surface area contributed by atoms with Gasteiger partial charge in [-0.25, -0.2) is 8.78 Å². The Labute approximate surface area is 153 Å². The van der Waals surface area contributed by atoms with Gasteiger partial charge in [-0.2, -0.15) is 0 Å². The average molecular weight is 371 g/mol. The standard InChI is InChI=1S/C19H27F2NO4/c1-18(23-3)19(2,24-4)26-16-14(17(20)21)11-22(12-15(16)25-18)10-13-8-6-5-7-9-13/h5-9,14-17H,10-12H2,1-4H3/t14-,15+,16+,18-,19-/m0/s1. The molecule has 146 valence electrons. The van der Waals surface area contributed by atoms with Crippen molar-refractivity contribution in [1.29, 1.82) is 0 Å². The third kappa shape index (κ3) is 3.51. The van der Waals surface area contributed by atoms with E-state index in [0.29, 0.717) is 13.1 Å². The van der Waals surface area contributed by atoms with E-state index in [1.807, 2.05) is 35.2 Å². The molecule has 0 unspecified atom stereocenters. The Morgan fingerprint density at radius 2 is 1.69 bits per heavy atom. The second-order valence-corrected chi connectivity index (χ2v) is 7.22. The maximum atomic E-state index is 13.8. The Morgan fingerprint density at radius 1 is 1.08 bits per heavy atom. The molecule has 7 heteroatoms. The van der Waals surface area contributed by atoms with Gasteiger partial charge >= 0.3 is 0 Å². The predicted molar refractivity (Wildman–Crippen MR) is 91.8 cm³/mol. The van der Waals surface area contributed by atoms with Crippen LogP contribution in [0.15, 0.2) is 30.3 Å². The zero-order valence-electron chi connectivity index (χ0n) is 15.7. The number of nitrogens with zero attached hydrogens (tertiary/aromatic N) is 1. The maximum Gasteiger partial charge on any atom is 0.245 e. The molecule has 2 aliphatic heterocycles. The van der Waals surface area contributed by atoms with Crippen LogP contribution in [0.25, 0.3) is 0 Å². The minimum atomic E-state index is -2.52. The normalized spacial score (nSPS) is 38.3. The van der Waals surface area contributed by atoms with Gasteiger partial charge in [0.1, 0.15) is 6.10 Å². The molecule has 3 rings (SSSR count). The molecule has 2 aliphatic rings. The van der Waals surface area contributed by atoms with Crippen molar-refractivity contribution >= 4 is 0 Å². The van der Waals surface area contributed by atoms with E-state index in [2.05, 4.69) is 0 Å². The van der Waals surface area contributed by atoms with E-state index in [1.165, 1.54) is 14.2 Å². The van der Waals surface area contributed by atoms with E-state index < -0.39 is 36.1 Å². The molecule has 0 spiro atoms. The summed E-state index contributed by atoms with van der Waals surface area (Å²) in [5.41, 5.74) is 1.08. The quantitative estimate of drug-likeness (QED) is 0.796. The molecule has 0 amide bonds. The molecule has 1 aromatic carbocycles. The van der Waals surface area contributed by atoms with Crippen LogP contribution in [0.3, 0.4) is 0 Å². The molecule has 2 heterocycles. The van der Waals surface area contributed by atoms with Crippen molar-refractivity contribution < 1.29 is 27.7 Å². The zero-order chi connectivity index (χ0) is 18.9. The molecule has 0 radical (unpaired) electrons. The van der Waals surface area contributed by atoms with E-state index in [1.54, 1.807) is 13.8 Å². The van der Waals surface area contributed by atoms with Crippen LogP contribution in [-0.4, -0.2) is 62.4 Å². The van der Waals surface area contributed by atoms with Crippen LogP contribution < -0.4 is 0 Å². The van der Waals surface area contributed by atoms with Crippen molar-refractivity contribution in [2.45, 2.75) is 50.6 Å². The zero-order valence-corrected chi connectivity index (χ0v) is 15.7. The van der Waals surface area contributed by atoms with E-state index in [9.17, 15) is 8.78 Å². The number of fused-ring (bicyclic) bond motifs is 1. The van der Waals surface area contributed by atoms with Crippen LogP contribution in [0.1, 0.15) is 19.4 Å². The first-order valence-corrected chi connectivity index (χ1v) is 8.82. The first kappa shape index (κ1) is 19.6. The molecule has 5 nitrogen and oxygen atoms in total. The van der Waals surface area contributed by atoms with Gasteiger partial charge in [-0.1, -0.05) is 30.3 Å². The van der Waals surface area contributed by atoms with Crippen LogP contribution in [0.4, 0.5) is 8.78 Å². The smallest absolute Gasteiger partial charge is 0.245 e. The summed E-state index contributed by atoms with van der Waals surface area (Å²) in [7, 11) is 2.96. The summed E-state index contributed by atoms with van der Waals surface area (Å²) in [6.45, 7) is 4.68. The lowest BCUT2D eigenvalue weighted by molar-refractivity contribution is -0.459. The molecule has 0 N–H and O–H groups in total. The second kappa shape index (κ2) is 7.48. The van der Waals surface area contributed by atoms with Gasteiger partial charge in [0.05, 0.1) is 12.0 Å². The minimum Gasteiger partial charge on any atom is -0.349 e. The maximum absolute atomic E-state index is 13.8. The minimum absolute atomic E-state index is 0.237. The Balaban J connectivity index is 1.83. The number of ether oxygens (including phenoxy) is 4. The summed E-state index contributed by atoms with van der Waals surface area (Å²) in [4.78, 5) is 1.99. The summed E-state index contributed by atoms with van der Waals surface area (Å²) in [5.74, 6) is -3.42. The predicted octanol–water partition coefficient (Wildman–Crippen LogP) is 2.89. The molecule has 2 fully saturated rings. The lowest BCUT2D eigenvalue weighted by Crippen LogP contribution is -2.70. The van der Waals surface area contributed by atoms with Crippen molar-refractivity contribution in [1.82, 2.24) is 4.90 Å². The van der Waals surface area contributed by atoms with Crippen LogP contribution in [0.2, 0.25) is 0 Å². The van der Waals surface area contributed by atoms with Gasteiger partial charge in [-0.05, 0) is 19.4 Å². The number of hydrogen-bond donors (Lipinski definition) is 0. The lowest BCUT2D eigenvalue weighted by atomic mass is 9.89. The highest BCUT2D eigenvalue weighted by Gasteiger charge is 2.60.